The van der Waals surface area contributed by atoms with Crippen LogP contribution in [-0.2, 0) is 10.0 Å². The standard InChI is InChI=1S/C10H18ClNO2S/c11-10-4-3-9(5-10)6-12-15(13,14)7-8-1-2-8/h8-10,12H,1-7H2. The van der Waals surface area contributed by atoms with Crippen LogP contribution in [0.25, 0.3) is 0 Å². The Labute approximate surface area is 96.6 Å². The first-order valence-corrected chi connectivity index (χ1v) is 7.75. The summed E-state index contributed by atoms with van der Waals surface area (Å²) >= 11 is 5.97. The Morgan fingerprint density at radius 2 is 1.80 bits per heavy atom. The maximum Gasteiger partial charge on any atom is 0.211 e. The van der Waals surface area contributed by atoms with E-state index in [1.54, 1.807) is 0 Å². The summed E-state index contributed by atoms with van der Waals surface area (Å²) in [6, 6.07) is 0. The summed E-state index contributed by atoms with van der Waals surface area (Å²) in [6.07, 6.45) is 5.19. The molecule has 88 valence electrons. The van der Waals surface area contributed by atoms with Gasteiger partial charge in [-0.25, -0.2) is 13.1 Å². The molecule has 0 aromatic carbocycles. The molecule has 0 aromatic heterocycles. The lowest BCUT2D eigenvalue weighted by Crippen LogP contribution is -2.31. The van der Waals surface area contributed by atoms with E-state index in [0.29, 0.717) is 24.1 Å². The molecule has 0 radical (unpaired) electrons. The van der Waals surface area contributed by atoms with Crippen LogP contribution in [0.2, 0.25) is 0 Å². The summed E-state index contributed by atoms with van der Waals surface area (Å²) in [4.78, 5) is 0. The molecule has 0 amide bonds. The number of rotatable bonds is 5. The van der Waals surface area contributed by atoms with Gasteiger partial charge in [0.05, 0.1) is 5.75 Å². The Kier molecular flexibility index (Phi) is 3.58. The van der Waals surface area contributed by atoms with Crippen LogP contribution in [0.5, 0.6) is 0 Å². The second-order valence-electron chi connectivity index (χ2n) is 4.85. The monoisotopic (exact) mass is 251 g/mol. The van der Waals surface area contributed by atoms with E-state index in [4.69, 9.17) is 11.6 Å². The average molecular weight is 252 g/mol. The van der Waals surface area contributed by atoms with E-state index >= 15 is 0 Å². The smallest absolute Gasteiger partial charge is 0.211 e. The Morgan fingerprint density at radius 1 is 1.13 bits per heavy atom. The SMILES string of the molecule is O=S(=O)(CC1CC1)NCC1CCC(Cl)C1. The van der Waals surface area contributed by atoms with Crippen molar-refractivity contribution in [1.29, 1.82) is 0 Å². The van der Waals surface area contributed by atoms with E-state index in [-0.39, 0.29) is 5.38 Å². The Balaban J connectivity index is 1.72. The maximum absolute atomic E-state index is 11.6. The van der Waals surface area contributed by atoms with Gasteiger partial charge in [0.2, 0.25) is 10.0 Å². The first-order valence-electron chi connectivity index (χ1n) is 5.66. The van der Waals surface area contributed by atoms with Gasteiger partial charge >= 0.3 is 0 Å². The molecule has 0 saturated heterocycles. The summed E-state index contributed by atoms with van der Waals surface area (Å²) < 4.78 is 25.9. The lowest BCUT2D eigenvalue weighted by atomic mass is 10.1. The molecule has 0 heterocycles. The van der Waals surface area contributed by atoms with Crippen LogP contribution < -0.4 is 4.72 Å². The predicted molar refractivity (Wildman–Crippen MR) is 61.5 cm³/mol. The second-order valence-corrected chi connectivity index (χ2v) is 7.32. The van der Waals surface area contributed by atoms with Gasteiger partial charge in [-0.05, 0) is 43.9 Å². The molecule has 2 fully saturated rings. The molecule has 2 unspecified atom stereocenters. The van der Waals surface area contributed by atoms with Crippen molar-refractivity contribution in [2.75, 3.05) is 12.3 Å². The zero-order valence-corrected chi connectivity index (χ0v) is 10.4. The van der Waals surface area contributed by atoms with Crippen LogP contribution in [0, 0.1) is 11.8 Å². The van der Waals surface area contributed by atoms with Crippen molar-refractivity contribution in [3.05, 3.63) is 0 Å². The molecule has 2 aliphatic carbocycles. The van der Waals surface area contributed by atoms with Gasteiger partial charge in [0.1, 0.15) is 0 Å². The van der Waals surface area contributed by atoms with Crippen LogP contribution in [0.3, 0.4) is 0 Å². The lowest BCUT2D eigenvalue weighted by molar-refractivity contribution is 0.518. The molecule has 1 N–H and O–H groups in total. The topological polar surface area (TPSA) is 46.2 Å². The van der Waals surface area contributed by atoms with Gasteiger partial charge in [-0.3, -0.25) is 0 Å². The van der Waals surface area contributed by atoms with Crippen LogP contribution >= 0.6 is 11.6 Å². The van der Waals surface area contributed by atoms with Gasteiger partial charge in [0, 0.05) is 11.9 Å². The minimum atomic E-state index is -3.02. The van der Waals surface area contributed by atoms with Crippen molar-refractivity contribution in [1.82, 2.24) is 4.72 Å². The summed E-state index contributed by atoms with van der Waals surface area (Å²) in [7, 11) is -3.02. The largest absolute Gasteiger partial charge is 0.215 e. The van der Waals surface area contributed by atoms with Crippen LogP contribution in [-0.4, -0.2) is 26.1 Å². The molecule has 2 atom stereocenters. The molecule has 15 heavy (non-hydrogen) atoms. The van der Waals surface area contributed by atoms with Crippen LogP contribution in [0.4, 0.5) is 0 Å². The van der Waals surface area contributed by atoms with E-state index in [1.807, 2.05) is 0 Å². The van der Waals surface area contributed by atoms with Crippen LogP contribution in [0.15, 0.2) is 0 Å². The number of hydrogen-bond donors (Lipinski definition) is 1. The van der Waals surface area contributed by atoms with E-state index in [2.05, 4.69) is 4.72 Å². The minimum absolute atomic E-state index is 0.253. The molecular formula is C10H18ClNO2S. The summed E-state index contributed by atoms with van der Waals surface area (Å²) in [5.74, 6) is 1.19. The van der Waals surface area contributed by atoms with Crippen molar-refractivity contribution < 1.29 is 8.42 Å². The van der Waals surface area contributed by atoms with Gasteiger partial charge in [0.25, 0.3) is 0 Å². The summed E-state index contributed by atoms with van der Waals surface area (Å²) in [5, 5.41) is 0.253. The Bertz CT molecular complexity index is 313. The third-order valence-electron chi connectivity index (χ3n) is 3.22. The highest BCUT2D eigenvalue weighted by Gasteiger charge is 2.29. The fourth-order valence-corrected chi connectivity index (χ4v) is 4.04. The minimum Gasteiger partial charge on any atom is -0.215 e. The predicted octanol–water partition coefficient (Wildman–Crippen LogP) is 1.72. The fraction of sp³-hybridized carbons (Fsp3) is 1.00. The highest BCUT2D eigenvalue weighted by Crippen LogP contribution is 2.31. The lowest BCUT2D eigenvalue weighted by Gasteiger charge is -2.10. The number of halogens is 1. The molecule has 0 aromatic rings. The third-order valence-corrected chi connectivity index (χ3v) is 5.13. The molecule has 2 aliphatic rings. The first-order chi connectivity index (χ1) is 7.05. The van der Waals surface area contributed by atoms with Crippen molar-refractivity contribution in [3.8, 4) is 0 Å². The van der Waals surface area contributed by atoms with Crippen molar-refractivity contribution in [2.45, 2.75) is 37.5 Å². The zero-order chi connectivity index (χ0) is 10.9. The maximum atomic E-state index is 11.6. The van der Waals surface area contributed by atoms with Gasteiger partial charge < -0.3 is 0 Å². The number of alkyl halides is 1. The van der Waals surface area contributed by atoms with E-state index < -0.39 is 10.0 Å². The normalized spacial score (nSPS) is 32.1. The summed E-state index contributed by atoms with van der Waals surface area (Å²) in [6.45, 7) is 0.582. The Morgan fingerprint density at radius 3 is 2.33 bits per heavy atom. The molecule has 2 saturated carbocycles. The first kappa shape index (κ1) is 11.7. The van der Waals surface area contributed by atoms with E-state index in [9.17, 15) is 8.42 Å². The van der Waals surface area contributed by atoms with Crippen molar-refractivity contribution in [2.24, 2.45) is 11.8 Å². The van der Waals surface area contributed by atoms with E-state index in [0.717, 1.165) is 32.1 Å². The molecule has 5 heteroatoms. The summed E-state index contributed by atoms with van der Waals surface area (Å²) in [5.41, 5.74) is 0. The highest BCUT2D eigenvalue weighted by molar-refractivity contribution is 7.89. The van der Waals surface area contributed by atoms with Gasteiger partial charge in [-0.2, -0.15) is 0 Å². The Hall–Kier alpha value is 0.200. The average Bonchev–Trinajstić information content (AvgIpc) is 2.83. The van der Waals surface area contributed by atoms with Gasteiger partial charge in [-0.15, -0.1) is 11.6 Å². The zero-order valence-electron chi connectivity index (χ0n) is 8.78. The highest BCUT2D eigenvalue weighted by atomic mass is 35.5. The molecule has 3 nitrogen and oxygen atoms in total. The van der Waals surface area contributed by atoms with Crippen molar-refractivity contribution in [3.63, 3.8) is 0 Å². The number of sulfonamides is 1. The second kappa shape index (κ2) is 4.60. The molecular weight excluding hydrogens is 234 g/mol. The van der Waals surface area contributed by atoms with E-state index in [1.165, 1.54) is 0 Å². The number of hydrogen-bond acceptors (Lipinski definition) is 2. The quantitative estimate of drug-likeness (QED) is 0.757. The molecule has 0 spiro atoms. The molecule has 0 aliphatic heterocycles. The fourth-order valence-electron chi connectivity index (χ4n) is 2.10. The number of nitrogens with one attached hydrogen (secondary N) is 1. The molecule has 2 rings (SSSR count). The van der Waals surface area contributed by atoms with Gasteiger partial charge in [0.15, 0.2) is 0 Å². The van der Waals surface area contributed by atoms with Crippen LogP contribution in [0.1, 0.15) is 32.1 Å². The molecule has 0 bridgehead atoms. The third kappa shape index (κ3) is 3.93. The van der Waals surface area contributed by atoms with Gasteiger partial charge in [-0.1, -0.05) is 0 Å². The van der Waals surface area contributed by atoms with Crippen molar-refractivity contribution >= 4 is 21.6 Å².